The van der Waals surface area contributed by atoms with Gasteiger partial charge in [-0.05, 0) is 36.6 Å². The van der Waals surface area contributed by atoms with Crippen LogP contribution in [0.15, 0.2) is 48.5 Å². The molecule has 1 fully saturated rings. The molecule has 0 spiro atoms. The highest BCUT2D eigenvalue weighted by atomic mass is 16.2. The molecular weight excluding hydrogens is 354 g/mol. The zero-order valence-electron chi connectivity index (χ0n) is 16.0. The van der Waals surface area contributed by atoms with E-state index >= 15 is 0 Å². The minimum absolute atomic E-state index is 0.000915. The van der Waals surface area contributed by atoms with Crippen LogP contribution in [0.1, 0.15) is 33.5 Å². The largest absolute Gasteiger partial charge is 0.353 e. The van der Waals surface area contributed by atoms with E-state index in [1.165, 1.54) is 5.56 Å². The van der Waals surface area contributed by atoms with Gasteiger partial charge in [0, 0.05) is 31.6 Å². The molecule has 1 saturated heterocycles. The van der Waals surface area contributed by atoms with Crippen molar-refractivity contribution in [3.63, 3.8) is 0 Å². The standard InChI is InChI=1S/C22H25N3O3/c1-16-3-2-4-17(13-16)7-10-20(26)24-14-18-5-8-19(9-6-18)22(28)25-12-11-23-21(27)15-25/h2-6,8-9,13H,7,10-12,14-15H2,1H3,(H,23,27)(H,24,26). The van der Waals surface area contributed by atoms with E-state index in [4.69, 9.17) is 0 Å². The predicted octanol–water partition coefficient (Wildman–Crippen LogP) is 1.82. The first-order valence-electron chi connectivity index (χ1n) is 9.48. The predicted molar refractivity (Wildman–Crippen MR) is 107 cm³/mol. The van der Waals surface area contributed by atoms with E-state index < -0.39 is 0 Å². The van der Waals surface area contributed by atoms with E-state index in [-0.39, 0.29) is 24.3 Å². The molecule has 2 aromatic rings. The second-order valence-corrected chi connectivity index (χ2v) is 7.04. The summed E-state index contributed by atoms with van der Waals surface area (Å²) in [5.41, 5.74) is 3.82. The number of piperazine rings is 1. The van der Waals surface area contributed by atoms with Crippen LogP contribution in [0, 0.1) is 6.92 Å². The van der Waals surface area contributed by atoms with Crippen molar-refractivity contribution in [2.24, 2.45) is 0 Å². The van der Waals surface area contributed by atoms with E-state index in [1.54, 1.807) is 17.0 Å². The van der Waals surface area contributed by atoms with Gasteiger partial charge in [0.15, 0.2) is 0 Å². The molecule has 0 unspecified atom stereocenters. The van der Waals surface area contributed by atoms with Gasteiger partial charge in [-0.1, -0.05) is 42.0 Å². The summed E-state index contributed by atoms with van der Waals surface area (Å²) in [6.45, 7) is 3.56. The van der Waals surface area contributed by atoms with Crippen molar-refractivity contribution in [2.75, 3.05) is 19.6 Å². The Labute approximate surface area is 164 Å². The lowest BCUT2D eigenvalue weighted by Crippen LogP contribution is -2.49. The quantitative estimate of drug-likeness (QED) is 0.804. The topological polar surface area (TPSA) is 78.5 Å². The summed E-state index contributed by atoms with van der Waals surface area (Å²) in [6.07, 6.45) is 1.15. The highest BCUT2D eigenvalue weighted by molar-refractivity contribution is 5.97. The van der Waals surface area contributed by atoms with E-state index in [2.05, 4.69) is 16.7 Å². The summed E-state index contributed by atoms with van der Waals surface area (Å²) >= 11 is 0. The Morgan fingerprint density at radius 2 is 1.89 bits per heavy atom. The van der Waals surface area contributed by atoms with Crippen LogP contribution in [0.2, 0.25) is 0 Å². The number of nitrogens with one attached hydrogen (secondary N) is 2. The Morgan fingerprint density at radius 3 is 2.61 bits per heavy atom. The van der Waals surface area contributed by atoms with Gasteiger partial charge >= 0.3 is 0 Å². The van der Waals surface area contributed by atoms with Gasteiger partial charge in [-0.15, -0.1) is 0 Å². The third kappa shape index (κ3) is 5.42. The number of rotatable bonds is 6. The second kappa shape index (κ2) is 9.17. The van der Waals surface area contributed by atoms with Gasteiger partial charge in [0.25, 0.3) is 5.91 Å². The summed E-state index contributed by atoms with van der Waals surface area (Å²) in [6, 6.07) is 15.3. The van der Waals surface area contributed by atoms with E-state index in [0.717, 1.165) is 11.1 Å². The molecule has 3 amide bonds. The van der Waals surface area contributed by atoms with Crippen molar-refractivity contribution < 1.29 is 14.4 Å². The van der Waals surface area contributed by atoms with Crippen molar-refractivity contribution in [1.29, 1.82) is 0 Å². The fraction of sp³-hybridized carbons (Fsp3) is 0.318. The molecule has 2 N–H and O–H groups in total. The Balaban J connectivity index is 1.46. The van der Waals surface area contributed by atoms with Crippen LogP contribution in [0.25, 0.3) is 0 Å². The molecule has 0 aliphatic carbocycles. The number of hydrogen-bond donors (Lipinski definition) is 2. The third-order valence-corrected chi connectivity index (χ3v) is 4.74. The Bertz CT molecular complexity index is 862. The van der Waals surface area contributed by atoms with Crippen LogP contribution in [0.4, 0.5) is 0 Å². The number of carbonyl (C=O) groups is 3. The monoisotopic (exact) mass is 379 g/mol. The summed E-state index contributed by atoms with van der Waals surface area (Å²) in [5.74, 6) is -0.283. The summed E-state index contributed by atoms with van der Waals surface area (Å²) in [5, 5.41) is 5.62. The normalized spacial score (nSPS) is 13.8. The second-order valence-electron chi connectivity index (χ2n) is 7.04. The van der Waals surface area contributed by atoms with Crippen molar-refractivity contribution in [1.82, 2.24) is 15.5 Å². The number of aryl methyl sites for hydroxylation is 2. The van der Waals surface area contributed by atoms with Crippen LogP contribution in [-0.4, -0.2) is 42.3 Å². The molecule has 2 aromatic carbocycles. The van der Waals surface area contributed by atoms with E-state index in [1.807, 2.05) is 37.3 Å². The molecule has 0 bridgehead atoms. The molecule has 146 valence electrons. The average molecular weight is 379 g/mol. The number of carbonyl (C=O) groups excluding carboxylic acids is 3. The van der Waals surface area contributed by atoms with Gasteiger partial charge < -0.3 is 15.5 Å². The number of nitrogens with zero attached hydrogens (tertiary/aromatic N) is 1. The van der Waals surface area contributed by atoms with Crippen LogP contribution in [-0.2, 0) is 22.6 Å². The summed E-state index contributed by atoms with van der Waals surface area (Å²) < 4.78 is 0. The highest BCUT2D eigenvalue weighted by Gasteiger charge is 2.22. The fourth-order valence-corrected chi connectivity index (χ4v) is 3.17. The lowest BCUT2D eigenvalue weighted by Gasteiger charge is -2.26. The van der Waals surface area contributed by atoms with Crippen LogP contribution >= 0.6 is 0 Å². The minimum atomic E-state index is -0.149. The smallest absolute Gasteiger partial charge is 0.254 e. The van der Waals surface area contributed by atoms with Crippen LogP contribution < -0.4 is 10.6 Å². The molecule has 1 aliphatic rings. The van der Waals surface area contributed by atoms with Crippen molar-refractivity contribution in [2.45, 2.75) is 26.3 Å². The molecular formula is C22H25N3O3. The molecule has 3 rings (SSSR count). The zero-order chi connectivity index (χ0) is 19.9. The average Bonchev–Trinajstić information content (AvgIpc) is 2.70. The molecule has 6 heteroatoms. The fourth-order valence-electron chi connectivity index (χ4n) is 3.17. The first-order chi connectivity index (χ1) is 13.5. The van der Waals surface area contributed by atoms with E-state index in [0.29, 0.717) is 38.0 Å². The van der Waals surface area contributed by atoms with Crippen molar-refractivity contribution in [3.8, 4) is 0 Å². The lowest BCUT2D eigenvalue weighted by atomic mass is 10.1. The molecule has 0 atom stereocenters. The summed E-state index contributed by atoms with van der Waals surface area (Å²) in [4.78, 5) is 37.5. The SMILES string of the molecule is Cc1cccc(CCC(=O)NCc2ccc(C(=O)N3CCNC(=O)C3)cc2)c1. The maximum atomic E-state index is 12.4. The molecule has 6 nitrogen and oxygen atoms in total. The van der Waals surface area contributed by atoms with Gasteiger partial charge in [-0.25, -0.2) is 0 Å². The molecule has 0 saturated carbocycles. The molecule has 0 radical (unpaired) electrons. The Morgan fingerprint density at radius 1 is 1.11 bits per heavy atom. The first-order valence-corrected chi connectivity index (χ1v) is 9.48. The van der Waals surface area contributed by atoms with Crippen LogP contribution in [0.3, 0.4) is 0 Å². The third-order valence-electron chi connectivity index (χ3n) is 4.74. The maximum Gasteiger partial charge on any atom is 0.254 e. The van der Waals surface area contributed by atoms with E-state index in [9.17, 15) is 14.4 Å². The molecule has 0 aromatic heterocycles. The summed E-state index contributed by atoms with van der Waals surface area (Å²) in [7, 11) is 0. The Hall–Kier alpha value is -3.15. The van der Waals surface area contributed by atoms with Crippen LogP contribution in [0.5, 0.6) is 0 Å². The highest BCUT2D eigenvalue weighted by Crippen LogP contribution is 2.10. The first kappa shape index (κ1) is 19.6. The van der Waals surface area contributed by atoms with Gasteiger partial charge in [-0.2, -0.15) is 0 Å². The molecule has 1 aliphatic heterocycles. The van der Waals surface area contributed by atoms with Crippen molar-refractivity contribution >= 4 is 17.7 Å². The number of hydrogen-bond acceptors (Lipinski definition) is 3. The van der Waals surface area contributed by atoms with Crippen molar-refractivity contribution in [3.05, 3.63) is 70.8 Å². The number of benzene rings is 2. The lowest BCUT2D eigenvalue weighted by molar-refractivity contribution is -0.123. The minimum Gasteiger partial charge on any atom is -0.353 e. The van der Waals surface area contributed by atoms with Gasteiger partial charge in [0.05, 0.1) is 6.54 Å². The van der Waals surface area contributed by atoms with Gasteiger partial charge in [0.1, 0.15) is 0 Å². The molecule has 1 heterocycles. The maximum absolute atomic E-state index is 12.4. The van der Waals surface area contributed by atoms with Gasteiger partial charge in [-0.3, -0.25) is 14.4 Å². The zero-order valence-corrected chi connectivity index (χ0v) is 16.0. The number of amides is 3. The van der Waals surface area contributed by atoms with Gasteiger partial charge in [0.2, 0.25) is 11.8 Å². The molecule has 28 heavy (non-hydrogen) atoms. The Kier molecular flexibility index (Phi) is 6.42.